The van der Waals surface area contributed by atoms with Gasteiger partial charge in [0.1, 0.15) is 5.82 Å². The first-order chi connectivity index (χ1) is 14.2. The minimum absolute atomic E-state index is 0.108. The smallest absolute Gasteiger partial charge is 0.409 e. The molecule has 1 aliphatic rings. The van der Waals surface area contributed by atoms with Crippen molar-refractivity contribution in [3.8, 4) is 0 Å². The van der Waals surface area contributed by atoms with Crippen LogP contribution < -0.4 is 10.6 Å². The van der Waals surface area contributed by atoms with Crippen molar-refractivity contribution in [2.45, 2.75) is 32.2 Å². The van der Waals surface area contributed by atoms with Crippen molar-refractivity contribution in [1.29, 1.82) is 0 Å². The number of piperidine rings is 1. The number of ether oxygens (including phenoxy) is 1. The first-order valence-corrected chi connectivity index (χ1v) is 10.1. The molecule has 0 saturated carbocycles. The number of nitrogens with zero attached hydrogens (tertiary/aromatic N) is 2. The zero-order chi connectivity index (χ0) is 20.5. The van der Waals surface area contributed by atoms with E-state index in [9.17, 15) is 9.59 Å². The Kier molecular flexibility index (Phi) is 7.44. The Morgan fingerprint density at radius 2 is 1.93 bits per heavy atom. The van der Waals surface area contributed by atoms with Gasteiger partial charge in [0, 0.05) is 37.4 Å². The lowest BCUT2D eigenvalue weighted by molar-refractivity contribution is 0.0951. The summed E-state index contributed by atoms with van der Waals surface area (Å²) in [6.07, 6.45) is 3.81. The Morgan fingerprint density at radius 1 is 1.17 bits per heavy atom. The highest BCUT2D eigenvalue weighted by molar-refractivity contribution is 5.94. The molecule has 0 radical (unpaired) electrons. The summed E-state index contributed by atoms with van der Waals surface area (Å²) in [6, 6.07) is 13.8. The number of nitrogens with one attached hydrogen (secondary N) is 2. The Hall–Kier alpha value is -3.09. The largest absolute Gasteiger partial charge is 0.450 e. The minimum atomic E-state index is -0.252. The first kappa shape index (κ1) is 20.6. The monoisotopic (exact) mass is 396 g/mol. The van der Waals surface area contributed by atoms with Crippen LogP contribution >= 0.6 is 0 Å². The van der Waals surface area contributed by atoms with Gasteiger partial charge in [-0.3, -0.25) is 4.79 Å². The molecule has 1 saturated heterocycles. The highest BCUT2D eigenvalue weighted by atomic mass is 16.6. The van der Waals surface area contributed by atoms with Gasteiger partial charge < -0.3 is 20.3 Å². The second kappa shape index (κ2) is 10.5. The van der Waals surface area contributed by atoms with Crippen LogP contribution in [0.15, 0.2) is 48.7 Å². The predicted octanol–water partition coefficient (Wildman–Crippen LogP) is 3.09. The molecule has 2 amide bonds. The lowest BCUT2D eigenvalue weighted by Crippen LogP contribution is -2.42. The van der Waals surface area contributed by atoms with Crippen LogP contribution in [0.5, 0.6) is 0 Å². The third-order valence-corrected chi connectivity index (χ3v) is 4.94. The number of likely N-dealkylation sites (tertiary alicyclic amines) is 1. The zero-order valence-corrected chi connectivity index (χ0v) is 16.8. The van der Waals surface area contributed by atoms with Crippen molar-refractivity contribution in [2.75, 3.05) is 31.6 Å². The summed E-state index contributed by atoms with van der Waals surface area (Å²) in [6.45, 7) is 4.08. The molecule has 1 aromatic carbocycles. The van der Waals surface area contributed by atoms with Crippen LogP contribution in [0, 0.1) is 0 Å². The van der Waals surface area contributed by atoms with Crippen LogP contribution in [-0.2, 0) is 11.2 Å². The van der Waals surface area contributed by atoms with Gasteiger partial charge in [0.15, 0.2) is 0 Å². The van der Waals surface area contributed by atoms with E-state index < -0.39 is 0 Å². The molecule has 3 rings (SSSR count). The molecule has 0 atom stereocenters. The highest BCUT2D eigenvalue weighted by Gasteiger charge is 2.23. The lowest BCUT2D eigenvalue weighted by Gasteiger charge is -2.31. The second-order valence-corrected chi connectivity index (χ2v) is 7.03. The molecule has 1 aromatic heterocycles. The Bertz CT molecular complexity index is 805. The molecule has 1 aliphatic heterocycles. The van der Waals surface area contributed by atoms with Crippen LogP contribution in [0.1, 0.15) is 35.7 Å². The molecule has 0 spiro atoms. The number of hydrogen-bond acceptors (Lipinski definition) is 5. The van der Waals surface area contributed by atoms with Crippen molar-refractivity contribution >= 4 is 17.8 Å². The van der Waals surface area contributed by atoms with E-state index in [1.807, 2.05) is 37.3 Å². The fourth-order valence-corrected chi connectivity index (χ4v) is 3.35. The third kappa shape index (κ3) is 6.20. The van der Waals surface area contributed by atoms with E-state index in [2.05, 4.69) is 15.6 Å². The van der Waals surface area contributed by atoms with Crippen molar-refractivity contribution in [2.24, 2.45) is 0 Å². The van der Waals surface area contributed by atoms with E-state index in [0.717, 1.165) is 19.3 Å². The maximum Gasteiger partial charge on any atom is 0.409 e. The van der Waals surface area contributed by atoms with E-state index in [-0.39, 0.29) is 18.0 Å². The van der Waals surface area contributed by atoms with Crippen molar-refractivity contribution in [3.63, 3.8) is 0 Å². The van der Waals surface area contributed by atoms with Crippen LogP contribution in [0.25, 0.3) is 0 Å². The Morgan fingerprint density at radius 3 is 2.66 bits per heavy atom. The van der Waals surface area contributed by atoms with Gasteiger partial charge in [-0.2, -0.15) is 0 Å². The van der Waals surface area contributed by atoms with Crippen LogP contribution in [0.3, 0.4) is 0 Å². The number of pyridine rings is 1. The first-order valence-electron chi connectivity index (χ1n) is 10.1. The molecule has 29 heavy (non-hydrogen) atoms. The van der Waals surface area contributed by atoms with E-state index in [0.29, 0.717) is 37.6 Å². The number of aromatic nitrogens is 1. The van der Waals surface area contributed by atoms with E-state index in [4.69, 9.17) is 4.74 Å². The average molecular weight is 396 g/mol. The normalized spacial score (nSPS) is 14.3. The Labute approximate surface area is 171 Å². The third-order valence-electron chi connectivity index (χ3n) is 4.94. The summed E-state index contributed by atoms with van der Waals surface area (Å²) in [5.41, 5.74) is 1.78. The molecule has 0 aliphatic carbocycles. The Balaban J connectivity index is 1.47. The standard InChI is InChI=1S/C22H28N4O3/c1-2-29-22(28)26-14-10-19(11-15-26)25-20-16-18(9-13-23-20)21(27)24-12-8-17-6-4-3-5-7-17/h3-7,9,13,16,19H,2,8,10-12,14-15H2,1H3,(H,23,25)(H,24,27). The van der Waals surface area contributed by atoms with E-state index >= 15 is 0 Å². The van der Waals surface area contributed by atoms with Crippen LogP contribution in [-0.4, -0.2) is 54.2 Å². The number of anilines is 1. The molecule has 1 fully saturated rings. The molecule has 7 nitrogen and oxygen atoms in total. The molecule has 0 bridgehead atoms. The molecule has 2 heterocycles. The fraction of sp³-hybridized carbons (Fsp3) is 0.409. The number of hydrogen-bond donors (Lipinski definition) is 2. The summed E-state index contributed by atoms with van der Waals surface area (Å²) in [4.78, 5) is 30.3. The molecule has 154 valence electrons. The summed E-state index contributed by atoms with van der Waals surface area (Å²) in [7, 11) is 0. The zero-order valence-electron chi connectivity index (χ0n) is 16.8. The van der Waals surface area contributed by atoms with Crippen LogP contribution in [0.2, 0.25) is 0 Å². The molecule has 2 N–H and O–H groups in total. The van der Waals surface area contributed by atoms with Gasteiger partial charge in [0.2, 0.25) is 0 Å². The SMILES string of the molecule is CCOC(=O)N1CCC(Nc2cc(C(=O)NCCc3ccccc3)ccn2)CC1. The van der Waals surface area contributed by atoms with Gasteiger partial charge in [0.05, 0.1) is 6.61 Å². The number of benzene rings is 1. The van der Waals surface area contributed by atoms with Gasteiger partial charge in [-0.15, -0.1) is 0 Å². The van der Waals surface area contributed by atoms with Gasteiger partial charge >= 0.3 is 6.09 Å². The molecular weight excluding hydrogens is 368 g/mol. The van der Waals surface area contributed by atoms with E-state index in [1.54, 1.807) is 23.2 Å². The summed E-state index contributed by atoms with van der Waals surface area (Å²) >= 11 is 0. The fourth-order valence-electron chi connectivity index (χ4n) is 3.35. The number of rotatable bonds is 7. The van der Waals surface area contributed by atoms with Gasteiger partial charge in [-0.1, -0.05) is 30.3 Å². The molecule has 7 heteroatoms. The second-order valence-electron chi connectivity index (χ2n) is 7.03. The molecule has 2 aromatic rings. The van der Waals surface area contributed by atoms with Crippen molar-refractivity contribution in [3.05, 3.63) is 59.8 Å². The van der Waals surface area contributed by atoms with Gasteiger partial charge in [0.25, 0.3) is 5.91 Å². The maximum absolute atomic E-state index is 12.4. The number of carbonyl (C=O) groups is 2. The number of carbonyl (C=O) groups excluding carboxylic acids is 2. The van der Waals surface area contributed by atoms with Gasteiger partial charge in [-0.05, 0) is 43.9 Å². The predicted molar refractivity (Wildman–Crippen MR) is 112 cm³/mol. The molecular formula is C22H28N4O3. The summed E-state index contributed by atoms with van der Waals surface area (Å²) in [5.74, 6) is 0.568. The minimum Gasteiger partial charge on any atom is -0.450 e. The summed E-state index contributed by atoms with van der Waals surface area (Å²) < 4.78 is 5.05. The van der Waals surface area contributed by atoms with Crippen molar-refractivity contribution < 1.29 is 14.3 Å². The average Bonchev–Trinajstić information content (AvgIpc) is 2.75. The lowest BCUT2D eigenvalue weighted by atomic mass is 10.1. The number of amides is 2. The van der Waals surface area contributed by atoms with Crippen molar-refractivity contribution in [1.82, 2.24) is 15.2 Å². The summed E-state index contributed by atoms with van der Waals surface area (Å²) in [5, 5.41) is 6.34. The van der Waals surface area contributed by atoms with E-state index in [1.165, 1.54) is 5.56 Å². The van der Waals surface area contributed by atoms with Gasteiger partial charge in [-0.25, -0.2) is 9.78 Å². The van der Waals surface area contributed by atoms with Crippen LogP contribution in [0.4, 0.5) is 10.6 Å². The maximum atomic E-state index is 12.4. The molecule has 0 unspecified atom stereocenters. The highest BCUT2D eigenvalue weighted by Crippen LogP contribution is 2.17. The quantitative estimate of drug-likeness (QED) is 0.751. The topological polar surface area (TPSA) is 83.6 Å².